The molecule has 0 radical (unpaired) electrons. The zero-order valence-electron chi connectivity index (χ0n) is 17.5. The van der Waals surface area contributed by atoms with Crippen molar-refractivity contribution in [2.75, 3.05) is 37.9 Å². The van der Waals surface area contributed by atoms with Crippen LogP contribution in [0.2, 0.25) is 5.02 Å². The van der Waals surface area contributed by atoms with Gasteiger partial charge in [-0.3, -0.25) is 14.5 Å². The second-order valence-electron chi connectivity index (χ2n) is 7.73. The molecule has 2 aromatic rings. The second kappa shape index (κ2) is 9.49. The first-order chi connectivity index (χ1) is 15.0. The molecule has 0 atom stereocenters. The topological polar surface area (TPSA) is 65.5 Å². The molecule has 7 nitrogen and oxygen atoms in total. The van der Waals surface area contributed by atoms with Crippen LogP contribution in [0.5, 0.6) is 5.75 Å². The van der Waals surface area contributed by atoms with Gasteiger partial charge in [0.2, 0.25) is 5.91 Å². The minimum atomic E-state index is -0.0946. The lowest BCUT2D eigenvalue weighted by molar-refractivity contribution is -0.126. The Bertz CT molecular complexity index is 967. The van der Waals surface area contributed by atoms with Crippen LogP contribution in [0.15, 0.2) is 53.6 Å². The van der Waals surface area contributed by atoms with Crippen molar-refractivity contribution in [3.8, 4) is 5.75 Å². The predicted octanol–water partition coefficient (Wildman–Crippen LogP) is 3.31. The number of nitrogens with zero attached hydrogens (tertiary/aromatic N) is 4. The number of rotatable bonds is 5. The molecule has 0 saturated carbocycles. The number of carbonyl (C=O) groups is 2. The van der Waals surface area contributed by atoms with Gasteiger partial charge >= 0.3 is 0 Å². The van der Waals surface area contributed by atoms with Crippen LogP contribution >= 0.6 is 11.6 Å². The molecule has 0 N–H and O–H groups in total. The number of ether oxygens (including phenoxy) is 1. The van der Waals surface area contributed by atoms with E-state index in [9.17, 15) is 9.59 Å². The van der Waals surface area contributed by atoms with E-state index < -0.39 is 0 Å². The third-order valence-corrected chi connectivity index (χ3v) is 5.70. The van der Waals surface area contributed by atoms with Crippen LogP contribution in [0.25, 0.3) is 0 Å². The molecule has 1 saturated heterocycles. The van der Waals surface area contributed by atoms with E-state index in [0.29, 0.717) is 55.8 Å². The van der Waals surface area contributed by atoms with E-state index in [4.69, 9.17) is 16.3 Å². The molecule has 2 aliphatic heterocycles. The number of halogens is 1. The van der Waals surface area contributed by atoms with Crippen molar-refractivity contribution in [3.05, 3.63) is 59.1 Å². The van der Waals surface area contributed by atoms with E-state index in [2.05, 4.69) is 10.0 Å². The molecule has 0 unspecified atom stereocenters. The molecule has 1 fully saturated rings. The maximum atomic E-state index is 13.0. The monoisotopic (exact) mass is 440 g/mol. The first kappa shape index (κ1) is 21.3. The summed E-state index contributed by atoms with van der Waals surface area (Å²) in [5.41, 5.74) is 2.22. The Hall–Kier alpha value is -2.90. The maximum Gasteiger partial charge on any atom is 0.270 e. The van der Waals surface area contributed by atoms with Gasteiger partial charge in [0.05, 0.1) is 5.69 Å². The van der Waals surface area contributed by atoms with Gasteiger partial charge in [0.25, 0.3) is 5.91 Å². The van der Waals surface area contributed by atoms with Gasteiger partial charge in [-0.25, -0.2) is 5.01 Å². The standard InChI is InChI=1S/C23H25ClN4O3/c1-17-2-6-19(7-3-17)28-22(29)11-10-21(25-28)23(30)27-14-12-26(13-15-27)16-31-20-8-4-18(24)5-9-20/h2-9H,10-16H2,1H3. The van der Waals surface area contributed by atoms with E-state index >= 15 is 0 Å². The van der Waals surface area contributed by atoms with Crippen LogP contribution in [-0.2, 0) is 9.59 Å². The Balaban J connectivity index is 1.33. The molecule has 2 amide bonds. The van der Waals surface area contributed by atoms with Gasteiger partial charge < -0.3 is 9.64 Å². The van der Waals surface area contributed by atoms with Gasteiger partial charge in [-0.15, -0.1) is 0 Å². The average molecular weight is 441 g/mol. The van der Waals surface area contributed by atoms with Crippen molar-refractivity contribution in [1.82, 2.24) is 9.80 Å². The highest BCUT2D eigenvalue weighted by molar-refractivity contribution is 6.40. The van der Waals surface area contributed by atoms with E-state index in [1.54, 1.807) is 17.0 Å². The Morgan fingerprint density at radius 3 is 2.35 bits per heavy atom. The predicted molar refractivity (Wildman–Crippen MR) is 120 cm³/mol. The van der Waals surface area contributed by atoms with Gasteiger partial charge in [-0.1, -0.05) is 29.3 Å². The number of piperazine rings is 1. The smallest absolute Gasteiger partial charge is 0.270 e. The lowest BCUT2D eigenvalue weighted by Crippen LogP contribution is -2.52. The number of anilines is 1. The van der Waals surface area contributed by atoms with Crippen LogP contribution in [-0.4, -0.2) is 60.2 Å². The molecular weight excluding hydrogens is 416 g/mol. The number of carbonyl (C=O) groups excluding carboxylic acids is 2. The summed E-state index contributed by atoms with van der Waals surface area (Å²) in [6.45, 7) is 5.07. The molecule has 2 aromatic carbocycles. The lowest BCUT2D eigenvalue weighted by Gasteiger charge is -2.35. The highest BCUT2D eigenvalue weighted by Crippen LogP contribution is 2.22. The van der Waals surface area contributed by atoms with Crippen molar-refractivity contribution >= 4 is 34.8 Å². The second-order valence-corrected chi connectivity index (χ2v) is 8.16. The molecule has 2 heterocycles. The van der Waals surface area contributed by atoms with Crippen molar-refractivity contribution in [1.29, 1.82) is 0 Å². The van der Waals surface area contributed by atoms with Gasteiger partial charge in [-0.05, 0) is 43.3 Å². The molecule has 0 spiro atoms. The molecule has 4 rings (SSSR count). The summed E-state index contributed by atoms with van der Waals surface area (Å²) >= 11 is 5.89. The van der Waals surface area contributed by atoms with Gasteiger partial charge in [-0.2, -0.15) is 5.10 Å². The molecule has 0 aliphatic carbocycles. The summed E-state index contributed by atoms with van der Waals surface area (Å²) in [5.74, 6) is 0.577. The number of hydrogen-bond donors (Lipinski definition) is 0. The lowest BCUT2D eigenvalue weighted by atomic mass is 10.1. The summed E-state index contributed by atoms with van der Waals surface area (Å²) in [5, 5.41) is 6.43. The molecule has 0 bridgehead atoms. The number of hydrogen-bond acceptors (Lipinski definition) is 5. The van der Waals surface area contributed by atoms with Gasteiger partial charge in [0, 0.05) is 44.0 Å². The highest BCUT2D eigenvalue weighted by Gasteiger charge is 2.30. The normalized spacial score (nSPS) is 17.5. The minimum Gasteiger partial charge on any atom is -0.478 e. The molecule has 2 aliphatic rings. The molecule has 162 valence electrons. The van der Waals surface area contributed by atoms with E-state index in [1.165, 1.54) is 5.01 Å². The van der Waals surface area contributed by atoms with Crippen LogP contribution in [0, 0.1) is 6.92 Å². The SMILES string of the molecule is Cc1ccc(N2N=C(C(=O)N3CCN(COc4ccc(Cl)cc4)CC3)CCC2=O)cc1. The summed E-state index contributed by atoms with van der Waals surface area (Å²) in [4.78, 5) is 29.3. The van der Waals surface area contributed by atoms with Crippen molar-refractivity contribution in [3.63, 3.8) is 0 Å². The summed E-state index contributed by atoms with van der Waals surface area (Å²) in [7, 11) is 0. The third kappa shape index (κ3) is 5.24. The summed E-state index contributed by atoms with van der Waals surface area (Å²) in [6.07, 6.45) is 0.660. The number of hydrazone groups is 1. The maximum absolute atomic E-state index is 13.0. The zero-order valence-corrected chi connectivity index (χ0v) is 18.2. The van der Waals surface area contributed by atoms with E-state index in [0.717, 1.165) is 11.3 Å². The van der Waals surface area contributed by atoms with Crippen molar-refractivity contribution in [2.24, 2.45) is 5.10 Å². The van der Waals surface area contributed by atoms with Crippen LogP contribution in [0.1, 0.15) is 18.4 Å². The third-order valence-electron chi connectivity index (χ3n) is 5.44. The Kier molecular flexibility index (Phi) is 6.53. The molecular formula is C23H25ClN4O3. The number of aryl methyl sites for hydroxylation is 1. The fourth-order valence-corrected chi connectivity index (χ4v) is 3.68. The van der Waals surface area contributed by atoms with Crippen molar-refractivity contribution < 1.29 is 14.3 Å². The largest absolute Gasteiger partial charge is 0.478 e. The highest BCUT2D eigenvalue weighted by atomic mass is 35.5. The van der Waals surface area contributed by atoms with E-state index in [-0.39, 0.29) is 18.2 Å². The van der Waals surface area contributed by atoms with Crippen LogP contribution < -0.4 is 9.75 Å². The summed E-state index contributed by atoms with van der Waals surface area (Å²) in [6, 6.07) is 14.8. The first-order valence-electron chi connectivity index (χ1n) is 10.4. The number of benzene rings is 2. The Morgan fingerprint density at radius 2 is 1.68 bits per heavy atom. The zero-order chi connectivity index (χ0) is 21.8. The fourth-order valence-electron chi connectivity index (χ4n) is 3.55. The van der Waals surface area contributed by atoms with E-state index in [1.807, 2.05) is 43.3 Å². The van der Waals surface area contributed by atoms with Crippen molar-refractivity contribution in [2.45, 2.75) is 19.8 Å². The Morgan fingerprint density at radius 1 is 1.00 bits per heavy atom. The molecule has 0 aromatic heterocycles. The van der Waals surface area contributed by atoms with Gasteiger partial charge in [0.1, 0.15) is 18.2 Å². The first-order valence-corrected chi connectivity index (χ1v) is 10.7. The fraction of sp³-hybridized carbons (Fsp3) is 0.348. The van der Waals surface area contributed by atoms with Crippen LogP contribution in [0.4, 0.5) is 5.69 Å². The minimum absolute atomic E-state index is 0.0930. The van der Waals surface area contributed by atoms with Gasteiger partial charge in [0.15, 0.2) is 0 Å². The van der Waals surface area contributed by atoms with Crippen LogP contribution in [0.3, 0.4) is 0 Å². The molecule has 31 heavy (non-hydrogen) atoms. The number of amides is 2. The molecule has 8 heteroatoms. The summed E-state index contributed by atoms with van der Waals surface area (Å²) < 4.78 is 5.79. The quantitative estimate of drug-likeness (QED) is 0.715. The Labute approximate surface area is 186 Å². The average Bonchev–Trinajstić information content (AvgIpc) is 2.80.